The topological polar surface area (TPSA) is 103 Å². The number of imidazole rings is 1. The van der Waals surface area contributed by atoms with Crippen LogP contribution in [0, 0.1) is 5.92 Å². The SMILES string of the molecule is C=CCOC(=O)C1=C(c2ccc(CC(=O)NCc3cncn3C)c(Cl)c2)C[C@@H]2[C@@H]([C@@H](C)O[Si](C)(C)C)C(=O)N12. The molecule has 1 N–H and O–H groups in total. The summed E-state index contributed by atoms with van der Waals surface area (Å²) in [6, 6.07) is 5.17. The third kappa shape index (κ3) is 6.18. The minimum absolute atomic E-state index is 0.0362. The fourth-order valence-corrected chi connectivity index (χ4v) is 6.70. The summed E-state index contributed by atoms with van der Waals surface area (Å²) in [6.07, 6.45) is 5.19. The first-order chi connectivity index (χ1) is 18.4. The van der Waals surface area contributed by atoms with E-state index in [9.17, 15) is 14.4 Å². The fraction of sp³-hybridized carbons (Fsp3) is 0.429. The average Bonchev–Trinajstić information content (AvgIpc) is 3.42. The Hall–Kier alpha value is -3.21. The van der Waals surface area contributed by atoms with Gasteiger partial charge in [-0.25, -0.2) is 9.78 Å². The van der Waals surface area contributed by atoms with Gasteiger partial charge >= 0.3 is 5.97 Å². The van der Waals surface area contributed by atoms with Gasteiger partial charge in [-0.3, -0.25) is 9.59 Å². The lowest BCUT2D eigenvalue weighted by Gasteiger charge is -2.47. The van der Waals surface area contributed by atoms with Gasteiger partial charge in [0.1, 0.15) is 12.3 Å². The maximum absolute atomic E-state index is 13.3. The van der Waals surface area contributed by atoms with E-state index < -0.39 is 14.3 Å². The molecule has 1 saturated heterocycles. The van der Waals surface area contributed by atoms with Crippen molar-refractivity contribution in [3.63, 3.8) is 0 Å². The number of esters is 1. The van der Waals surface area contributed by atoms with Crippen LogP contribution in [0.2, 0.25) is 24.7 Å². The zero-order valence-corrected chi connectivity index (χ0v) is 24.7. The Kier molecular flexibility index (Phi) is 8.48. The van der Waals surface area contributed by atoms with Crippen LogP contribution in [0.4, 0.5) is 0 Å². The molecule has 0 radical (unpaired) electrons. The number of ether oxygens (including phenoxy) is 1. The average molecular weight is 571 g/mol. The van der Waals surface area contributed by atoms with E-state index in [0.29, 0.717) is 34.7 Å². The number of hydrogen-bond donors (Lipinski definition) is 1. The van der Waals surface area contributed by atoms with Crippen LogP contribution in [0.3, 0.4) is 0 Å². The molecular formula is C28H35ClN4O5Si. The molecule has 1 fully saturated rings. The highest BCUT2D eigenvalue weighted by Gasteiger charge is 2.57. The maximum Gasteiger partial charge on any atom is 0.355 e. The molecule has 2 amide bonds. The molecule has 9 nitrogen and oxygen atoms in total. The van der Waals surface area contributed by atoms with Gasteiger partial charge in [0.05, 0.1) is 43.1 Å². The number of nitrogens with zero attached hydrogens (tertiary/aromatic N) is 3. The van der Waals surface area contributed by atoms with E-state index in [1.807, 2.05) is 24.6 Å². The van der Waals surface area contributed by atoms with Crippen LogP contribution in [-0.4, -0.2) is 59.3 Å². The van der Waals surface area contributed by atoms with Gasteiger partial charge in [-0.15, -0.1) is 0 Å². The molecular weight excluding hydrogens is 536 g/mol. The van der Waals surface area contributed by atoms with Crippen molar-refractivity contribution in [2.75, 3.05) is 6.61 Å². The number of aromatic nitrogens is 2. The van der Waals surface area contributed by atoms with Gasteiger partial charge in [0.15, 0.2) is 8.32 Å². The van der Waals surface area contributed by atoms with Crippen LogP contribution in [-0.2, 0) is 43.6 Å². The number of aryl methyl sites for hydroxylation is 1. The van der Waals surface area contributed by atoms with Gasteiger partial charge < -0.3 is 23.9 Å². The number of amides is 2. The number of benzene rings is 1. The zero-order valence-electron chi connectivity index (χ0n) is 23.0. The predicted octanol–water partition coefficient (Wildman–Crippen LogP) is 3.84. The summed E-state index contributed by atoms with van der Waals surface area (Å²) in [6.45, 7) is 12.2. The van der Waals surface area contributed by atoms with Crippen LogP contribution < -0.4 is 5.32 Å². The molecule has 3 atom stereocenters. The third-order valence-corrected chi connectivity index (χ3v) is 8.35. The fourth-order valence-electron chi connectivity index (χ4n) is 5.19. The summed E-state index contributed by atoms with van der Waals surface area (Å²) in [4.78, 5) is 44.5. The largest absolute Gasteiger partial charge is 0.457 e. The van der Waals surface area contributed by atoms with E-state index in [2.05, 4.69) is 36.5 Å². The first-order valence-corrected chi connectivity index (χ1v) is 16.7. The van der Waals surface area contributed by atoms with Crippen molar-refractivity contribution in [2.24, 2.45) is 13.0 Å². The van der Waals surface area contributed by atoms with Crippen molar-refractivity contribution in [2.45, 2.75) is 58.1 Å². The summed E-state index contributed by atoms with van der Waals surface area (Å²) in [5.74, 6) is -1.23. The van der Waals surface area contributed by atoms with Crippen molar-refractivity contribution < 1.29 is 23.5 Å². The number of nitrogens with one attached hydrogen (secondary N) is 1. The molecule has 4 rings (SSSR count). The molecule has 0 bridgehead atoms. The molecule has 0 aliphatic carbocycles. The number of carbonyl (C=O) groups excluding carboxylic acids is 3. The summed E-state index contributed by atoms with van der Waals surface area (Å²) in [5, 5.41) is 3.28. The molecule has 0 saturated carbocycles. The number of fused-ring (bicyclic) bond motifs is 1. The molecule has 0 spiro atoms. The Morgan fingerprint density at radius 1 is 1.33 bits per heavy atom. The highest BCUT2D eigenvalue weighted by molar-refractivity contribution is 6.69. The van der Waals surface area contributed by atoms with Gasteiger partial charge in [-0.2, -0.15) is 0 Å². The van der Waals surface area contributed by atoms with Crippen LogP contribution in [0.5, 0.6) is 0 Å². The molecule has 1 aromatic heterocycles. The van der Waals surface area contributed by atoms with E-state index in [-0.39, 0.29) is 48.6 Å². The molecule has 39 heavy (non-hydrogen) atoms. The van der Waals surface area contributed by atoms with Gasteiger partial charge in [0.2, 0.25) is 11.8 Å². The van der Waals surface area contributed by atoms with Crippen LogP contribution >= 0.6 is 11.6 Å². The standard InChI is InChI=1S/C28H35ClN4O5Si/c1-7-10-37-28(36)26-21(13-23-25(27(35)33(23)26)17(2)38-39(4,5)6)18-8-9-19(22(29)11-18)12-24(34)31-15-20-14-30-16-32(20)3/h7-9,11,14,16-17,23,25H,1,10,12-13,15H2,2-6H3,(H,31,34)/t17-,23-,25-/m1/s1. The summed E-state index contributed by atoms with van der Waals surface area (Å²) >= 11 is 6.61. The molecule has 2 aromatic rings. The molecule has 3 heterocycles. The van der Waals surface area contributed by atoms with Gasteiger partial charge in [-0.05, 0) is 55.8 Å². The highest BCUT2D eigenvalue weighted by Crippen LogP contribution is 2.48. The van der Waals surface area contributed by atoms with E-state index in [4.69, 9.17) is 20.8 Å². The first kappa shape index (κ1) is 28.8. The number of hydrogen-bond acceptors (Lipinski definition) is 6. The van der Waals surface area contributed by atoms with Crippen LogP contribution in [0.15, 0.2) is 49.1 Å². The van der Waals surface area contributed by atoms with E-state index in [1.54, 1.807) is 29.6 Å². The number of rotatable bonds is 11. The second kappa shape index (κ2) is 11.5. The molecule has 2 aliphatic rings. The third-order valence-electron chi connectivity index (χ3n) is 6.92. The number of halogens is 1. The lowest BCUT2D eigenvalue weighted by atomic mass is 9.82. The van der Waals surface area contributed by atoms with Crippen molar-refractivity contribution in [1.29, 1.82) is 0 Å². The lowest BCUT2D eigenvalue weighted by Crippen LogP contribution is -2.63. The summed E-state index contributed by atoms with van der Waals surface area (Å²) in [7, 11) is -0.00702. The van der Waals surface area contributed by atoms with Crippen LogP contribution in [0.1, 0.15) is 30.2 Å². The predicted molar refractivity (Wildman–Crippen MR) is 151 cm³/mol. The van der Waals surface area contributed by atoms with Crippen molar-refractivity contribution in [3.8, 4) is 0 Å². The Labute approximate surface area is 234 Å². The minimum atomic E-state index is -1.87. The minimum Gasteiger partial charge on any atom is -0.457 e. The van der Waals surface area contributed by atoms with Crippen LogP contribution in [0.25, 0.3) is 5.57 Å². The zero-order chi connectivity index (χ0) is 28.5. The molecule has 0 unspecified atom stereocenters. The van der Waals surface area contributed by atoms with E-state index >= 15 is 0 Å². The smallest absolute Gasteiger partial charge is 0.355 e. The van der Waals surface area contributed by atoms with Gasteiger partial charge in [0.25, 0.3) is 0 Å². The van der Waals surface area contributed by atoms with E-state index in [1.165, 1.54) is 6.08 Å². The number of carbonyl (C=O) groups is 3. The normalized spacial score (nSPS) is 19.4. The summed E-state index contributed by atoms with van der Waals surface area (Å²) in [5.41, 5.74) is 3.19. The lowest BCUT2D eigenvalue weighted by molar-refractivity contribution is -0.161. The Bertz CT molecular complexity index is 1330. The van der Waals surface area contributed by atoms with E-state index in [0.717, 1.165) is 5.69 Å². The Morgan fingerprint density at radius 3 is 2.69 bits per heavy atom. The number of β-lactam (4-membered cyclic amide) rings is 1. The molecule has 11 heteroatoms. The Balaban J connectivity index is 1.54. The summed E-state index contributed by atoms with van der Waals surface area (Å²) < 4.78 is 13.4. The van der Waals surface area contributed by atoms with Crippen molar-refractivity contribution >= 4 is 43.3 Å². The van der Waals surface area contributed by atoms with Gasteiger partial charge in [0, 0.05) is 18.3 Å². The molecule has 1 aromatic carbocycles. The first-order valence-electron chi connectivity index (χ1n) is 12.9. The second-order valence-corrected chi connectivity index (χ2v) is 15.8. The highest BCUT2D eigenvalue weighted by atomic mass is 35.5. The maximum atomic E-state index is 13.3. The van der Waals surface area contributed by atoms with Crippen molar-refractivity contribution in [1.82, 2.24) is 19.8 Å². The Morgan fingerprint density at radius 2 is 2.08 bits per heavy atom. The monoisotopic (exact) mass is 570 g/mol. The quantitative estimate of drug-likeness (QED) is 0.191. The second-order valence-electron chi connectivity index (χ2n) is 10.9. The molecule has 2 aliphatic heterocycles. The molecule has 208 valence electrons. The van der Waals surface area contributed by atoms with Gasteiger partial charge in [-0.1, -0.05) is 36.4 Å². The van der Waals surface area contributed by atoms with Crippen molar-refractivity contribution in [3.05, 3.63) is 70.9 Å².